The molecule has 5 nitrogen and oxygen atoms in total. The third-order valence-corrected chi connectivity index (χ3v) is 5.30. The molecule has 0 aromatic rings. The van der Waals surface area contributed by atoms with E-state index in [2.05, 4.69) is 19.2 Å². The van der Waals surface area contributed by atoms with Crippen molar-refractivity contribution >= 4 is 12.0 Å². The third-order valence-electron chi connectivity index (χ3n) is 5.30. The van der Waals surface area contributed by atoms with Gasteiger partial charge in [-0.2, -0.15) is 0 Å². The van der Waals surface area contributed by atoms with Crippen LogP contribution in [0.2, 0.25) is 0 Å². The Balaban J connectivity index is 1.92. The molecule has 21 heavy (non-hydrogen) atoms. The molecule has 2 atom stereocenters. The van der Waals surface area contributed by atoms with E-state index in [9.17, 15) is 14.7 Å². The molecule has 2 unspecified atom stereocenters. The van der Waals surface area contributed by atoms with E-state index < -0.39 is 11.4 Å². The van der Waals surface area contributed by atoms with E-state index in [-0.39, 0.29) is 17.5 Å². The summed E-state index contributed by atoms with van der Waals surface area (Å²) < 4.78 is 0. The molecule has 0 aromatic heterocycles. The molecule has 0 bridgehead atoms. The van der Waals surface area contributed by atoms with E-state index in [0.29, 0.717) is 25.9 Å². The number of hydrogen-bond donors (Lipinski definition) is 2. The first-order valence-electron chi connectivity index (χ1n) is 8.07. The summed E-state index contributed by atoms with van der Waals surface area (Å²) in [6.45, 7) is 7.25. The van der Waals surface area contributed by atoms with E-state index in [1.807, 2.05) is 6.92 Å². The van der Waals surface area contributed by atoms with Crippen LogP contribution in [0, 0.1) is 10.8 Å². The highest BCUT2D eigenvalue weighted by molar-refractivity contribution is 5.79. The van der Waals surface area contributed by atoms with Gasteiger partial charge in [-0.1, -0.05) is 27.2 Å². The van der Waals surface area contributed by atoms with Gasteiger partial charge in [0.1, 0.15) is 0 Å². The number of nitrogens with one attached hydrogen (secondary N) is 1. The van der Waals surface area contributed by atoms with Crippen molar-refractivity contribution in [1.82, 2.24) is 10.2 Å². The number of aliphatic carboxylic acids is 1. The number of likely N-dealkylation sites (tertiary alicyclic amines) is 1. The molecule has 1 saturated carbocycles. The van der Waals surface area contributed by atoms with Gasteiger partial charge in [0.25, 0.3) is 0 Å². The summed E-state index contributed by atoms with van der Waals surface area (Å²) >= 11 is 0. The van der Waals surface area contributed by atoms with Gasteiger partial charge in [0.2, 0.25) is 0 Å². The molecule has 2 fully saturated rings. The Bertz CT molecular complexity index is 422. The first-order valence-corrected chi connectivity index (χ1v) is 8.07. The maximum atomic E-state index is 12.4. The highest BCUT2D eigenvalue weighted by atomic mass is 16.4. The number of nitrogens with zero attached hydrogens (tertiary/aromatic N) is 1. The molecule has 0 spiro atoms. The molecule has 2 aliphatic rings. The minimum absolute atomic E-state index is 0.0886. The number of urea groups is 1. The zero-order valence-electron chi connectivity index (χ0n) is 13.4. The number of carbonyl (C=O) groups excluding carboxylic acids is 1. The van der Waals surface area contributed by atoms with Crippen LogP contribution in [0.1, 0.15) is 59.3 Å². The van der Waals surface area contributed by atoms with Crippen LogP contribution in [0.15, 0.2) is 0 Å². The summed E-state index contributed by atoms with van der Waals surface area (Å²) in [7, 11) is 0. The quantitative estimate of drug-likeness (QED) is 0.841. The summed E-state index contributed by atoms with van der Waals surface area (Å²) in [5.41, 5.74) is -0.460. The normalized spacial score (nSPS) is 32.0. The summed E-state index contributed by atoms with van der Waals surface area (Å²) in [5, 5.41) is 12.5. The maximum absolute atomic E-state index is 12.4. The topological polar surface area (TPSA) is 69.6 Å². The molecule has 1 heterocycles. The van der Waals surface area contributed by atoms with Gasteiger partial charge in [0.05, 0.1) is 5.41 Å². The smallest absolute Gasteiger partial charge is 0.317 e. The Hall–Kier alpha value is -1.26. The first-order chi connectivity index (χ1) is 9.78. The molecule has 1 aliphatic carbocycles. The second-order valence-corrected chi connectivity index (χ2v) is 7.52. The minimum Gasteiger partial charge on any atom is -0.481 e. The van der Waals surface area contributed by atoms with Crippen molar-refractivity contribution < 1.29 is 14.7 Å². The van der Waals surface area contributed by atoms with Crippen LogP contribution in [-0.2, 0) is 4.79 Å². The zero-order chi connectivity index (χ0) is 15.7. The molecule has 1 aliphatic heterocycles. The van der Waals surface area contributed by atoms with Gasteiger partial charge < -0.3 is 15.3 Å². The van der Waals surface area contributed by atoms with Crippen LogP contribution in [0.25, 0.3) is 0 Å². The van der Waals surface area contributed by atoms with Gasteiger partial charge in [0.15, 0.2) is 0 Å². The number of carboxylic acid groups (broad SMARTS) is 1. The lowest BCUT2D eigenvalue weighted by molar-refractivity contribution is -0.148. The van der Waals surface area contributed by atoms with Gasteiger partial charge in [-0.3, -0.25) is 4.79 Å². The number of amides is 2. The van der Waals surface area contributed by atoms with Crippen molar-refractivity contribution in [2.24, 2.45) is 10.8 Å². The van der Waals surface area contributed by atoms with E-state index in [1.54, 1.807) is 4.90 Å². The largest absolute Gasteiger partial charge is 0.481 e. The molecule has 2 rings (SSSR count). The SMILES string of the molecule is CCC1(C(=O)O)CCN(C(=O)NC2CCCC(C)(C)C2)C1. The van der Waals surface area contributed by atoms with Crippen molar-refractivity contribution in [3.63, 3.8) is 0 Å². The fraction of sp³-hybridized carbons (Fsp3) is 0.875. The second kappa shape index (κ2) is 5.85. The first kappa shape index (κ1) is 16.1. The van der Waals surface area contributed by atoms with Crippen molar-refractivity contribution in [2.75, 3.05) is 13.1 Å². The van der Waals surface area contributed by atoms with E-state index in [1.165, 1.54) is 6.42 Å². The highest BCUT2D eigenvalue weighted by Crippen LogP contribution is 2.36. The molecular weight excluding hydrogens is 268 g/mol. The maximum Gasteiger partial charge on any atom is 0.317 e. The molecule has 1 saturated heterocycles. The van der Waals surface area contributed by atoms with Crippen molar-refractivity contribution in [3.8, 4) is 0 Å². The Morgan fingerprint density at radius 1 is 1.33 bits per heavy atom. The number of rotatable bonds is 3. The van der Waals surface area contributed by atoms with Crippen LogP contribution >= 0.6 is 0 Å². The number of hydrogen-bond acceptors (Lipinski definition) is 2. The van der Waals surface area contributed by atoms with Crippen molar-refractivity contribution in [1.29, 1.82) is 0 Å². The van der Waals surface area contributed by atoms with Crippen molar-refractivity contribution in [2.45, 2.75) is 65.3 Å². The number of carboxylic acids is 1. The fourth-order valence-corrected chi connectivity index (χ4v) is 3.75. The molecule has 2 amide bonds. The van der Waals surface area contributed by atoms with Gasteiger partial charge in [0, 0.05) is 19.1 Å². The highest BCUT2D eigenvalue weighted by Gasteiger charge is 2.45. The van der Waals surface area contributed by atoms with Crippen LogP contribution in [-0.4, -0.2) is 41.1 Å². The van der Waals surface area contributed by atoms with E-state index in [4.69, 9.17) is 0 Å². The predicted molar refractivity (Wildman–Crippen MR) is 81.1 cm³/mol. The van der Waals surface area contributed by atoms with E-state index in [0.717, 1.165) is 19.3 Å². The predicted octanol–water partition coefficient (Wildman–Crippen LogP) is 2.85. The monoisotopic (exact) mass is 296 g/mol. The molecule has 2 N–H and O–H groups in total. The summed E-state index contributed by atoms with van der Waals surface area (Å²) in [6, 6.07) is 0.136. The Morgan fingerprint density at radius 3 is 2.57 bits per heavy atom. The van der Waals surface area contributed by atoms with E-state index >= 15 is 0 Å². The van der Waals surface area contributed by atoms with Crippen LogP contribution in [0.5, 0.6) is 0 Å². The molecule has 5 heteroatoms. The lowest BCUT2D eigenvalue weighted by Crippen LogP contribution is -2.47. The molecule has 120 valence electrons. The summed E-state index contributed by atoms with van der Waals surface area (Å²) in [6.07, 6.45) is 5.52. The fourth-order valence-electron chi connectivity index (χ4n) is 3.75. The van der Waals surface area contributed by atoms with Gasteiger partial charge in [-0.05, 0) is 37.5 Å². The molecule has 0 aromatic carbocycles. The molecular formula is C16H28N2O3. The lowest BCUT2D eigenvalue weighted by Gasteiger charge is -2.36. The summed E-state index contributed by atoms with van der Waals surface area (Å²) in [4.78, 5) is 25.5. The molecule has 0 radical (unpaired) electrons. The Kier molecular flexibility index (Phi) is 4.49. The van der Waals surface area contributed by atoms with Crippen LogP contribution < -0.4 is 5.32 Å². The van der Waals surface area contributed by atoms with Crippen molar-refractivity contribution in [3.05, 3.63) is 0 Å². The van der Waals surface area contributed by atoms with Gasteiger partial charge in [-0.15, -0.1) is 0 Å². The zero-order valence-corrected chi connectivity index (χ0v) is 13.4. The average Bonchev–Trinajstić information content (AvgIpc) is 2.83. The lowest BCUT2D eigenvalue weighted by atomic mass is 9.75. The minimum atomic E-state index is -0.779. The second-order valence-electron chi connectivity index (χ2n) is 7.52. The van der Waals surface area contributed by atoms with Gasteiger partial charge >= 0.3 is 12.0 Å². The van der Waals surface area contributed by atoms with Gasteiger partial charge in [-0.25, -0.2) is 4.79 Å². The van der Waals surface area contributed by atoms with Crippen LogP contribution in [0.4, 0.5) is 4.79 Å². The summed E-state index contributed by atoms with van der Waals surface area (Å²) in [5.74, 6) is -0.779. The number of carbonyl (C=O) groups is 2. The Labute approximate surface area is 127 Å². The average molecular weight is 296 g/mol. The van der Waals surface area contributed by atoms with Crippen LogP contribution in [0.3, 0.4) is 0 Å². The third kappa shape index (κ3) is 3.50. The Morgan fingerprint density at radius 2 is 2.05 bits per heavy atom. The standard InChI is InChI=1S/C16H28N2O3/c1-4-16(13(19)20)8-9-18(11-16)14(21)17-12-6-5-7-15(2,3)10-12/h12H,4-11H2,1-3H3,(H,17,21)(H,19,20).